The second-order valence-electron chi connectivity index (χ2n) is 7.73. The van der Waals surface area contributed by atoms with Gasteiger partial charge < -0.3 is 9.47 Å². The number of benzene rings is 3. The first kappa shape index (κ1) is 24.9. The van der Waals surface area contributed by atoms with Crippen molar-refractivity contribution < 1.29 is 27.5 Å². The molecule has 0 aliphatic carbocycles. The Labute approximate surface area is 209 Å². The van der Waals surface area contributed by atoms with Gasteiger partial charge in [-0.2, -0.15) is 0 Å². The maximum Gasteiger partial charge on any atom is 0.341 e. The van der Waals surface area contributed by atoms with Crippen LogP contribution >= 0.6 is 0 Å². The van der Waals surface area contributed by atoms with Crippen LogP contribution in [0.15, 0.2) is 95.9 Å². The molecule has 0 spiro atoms. The minimum absolute atomic E-state index is 0.00501. The SMILES string of the molecule is CCOC(=O)/C(=C(/C(=O)OCC)c1cc2ccccc2n1S(=O)(=O)c1ccccc1)c1ccccc1. The van der Waals surface area contributed by atoms with E-state index in [0.29, 0.717) is 16.5 Å². The van der Waals surface area contributed by atoms with Gasteiger partial charge in [0, 0.05) is 5.39 Å². The summed E-state index contributed by atoms with van der Waals surface area (Å²) in [5.74, 6) is -1.60. The van der Waals surface area contributed by atoms with Crippen LogP contribution in [0.5, 0.6) is 0 Å². The Balaban J connectivity index is 2.16. The molecule has 36 heavy (non-hydrogen) atoms. The fourth-order valence-electron chi connectivity index (χ4n) is 3.97. The van der Waals surface area contributed by atoms with Crippen LogP contribution < -0.4 is 0 Å². The lowest BCUT2D eigenvalue weighted by atomic mass is 9.97. The smallest absolute Gasteiger partial charge is 0.341 e. The molecule has 1 heterocycles. The van der Waals surface area contributed by atoms with Crippen molar-refractivity contribution >= 4 is 44.0 Å². The van der Waals surface area contributed by atoms with Crippen LogP contribution in [0.2, 0.25) is 0 Å². The first-order chi connectivity index (χ1) is 17.4. The maximum absolute atomic E-state index is 13.9. The summed E-state index contributed by atoms with van der Waals surface area (Å²) in [7, 11) is -4.18. The minimum atomic E-state index is -4.18. The molecule has 3 aromatic carbocycles. The minimum Gasteiger partial charge on any atom is -0.462 e. The van der Waals surface area contributed by atoms with E-state index in [-0.39, 0.29) is 34.9 Å². The fourth-order valence-corrected chi connectivity index (χ4v) is 5.51. The maximum atomic E-state index is 13.9. The number of hydrogen-bond acceptors (Lipinski definition) is 6. The summed E-state index contributed by atoms with van der Waals surface area (Å²) in [6.07, 6.45) is 0. The molecule has 0 radical (unpaired) electrons. The van der Waals surface area contributed by atoms with Crippen molar-refractivity contribution in [2.45, 2.75) is 18.7 Å². The Hall–Kier alpha value is -4.17. The summed E-state index contributed by atoms with van der Waals surface area (Å²) in [5, 5.41) is 0.574. The van der Waals surface area contributed by atoms with E-state index in [2.05, 4.69) is 0 Å². The predicted octanol–water partition coefficient (Wildman–Crippen LogP) is 4.92. The summed E-state index contributed by atoms with van der Waals surface area (Å²) in [5.41, 5.74) is 0.480. The van der Waals surface area contributed by atoms with E-state index in [0.717, 1.165) is 3.97 Å². The standard InChI is InChI=1S/C28H25NO6S/c1-3-34-27(30)25(20-13-7-5-8-14-20)26(28(31)35-4-2)24-19-21-15-11-12-18-23(21)29(24)36(32,33)22-16-9-6-10-17-22/h5-19H,3-4H2,1-2H3/b26-25+. The third-order valence-electron chi connectivity index (χ3n) is 5.48. The van der Waals surface area contributed by atoms with E-state index < -0.39 is 22.0 Å². The average molecular weight is 504 g/mol. The number of nitrogens with zero attached hydrogens (tertiary/aromatic N) is 1. The molecule has 0 bridgehead atoms. The number of rotatable bonds is 8. The van der Waals surface area contributed by atoms with E-state index in [9.17, 15) is 18.0 Å². The normalized spacial score (nSPS) is 12.2. The van der Waals surface area contributed by atoms with Crippen LogP contribution in [-0.4, -0.2) is 37.5 Å². The third kappa shape index (κ3) is 4.67. The molecule has 8 heteroatoms. The quantitative estimate of drug-likeness (QED) is 0.251. The van der Waals surface area contributed by atoms with Crippen LogP contribution in [0.4, 0.5) is 0 Å². The van der Waals surface area contributed by atoms with Gasteiger partial charge in [0.05, 0.1) is 40.5 Å². The topological polar surface area (TPSA) is 91.7 Å². The van der Waals surface area contributed by atoms with Gasteiger partial charge in [0.25, 0.3) is 10.0 Å². The Kier molecular flexibility index (Phi) is 7.36. The largest absolute Gasteiger partial charge is 0.462 e. The van der Waals surface area contributed by atoms with Crippen molar-refractivity contribution in [3.8, 4) is 0 Å². The number of aromatic nitrogens is 1. The molecule has 4 aromatic rings. The summed E-state index contributed by atoms with van der Waals surface area (Å²) in [6, 6.07) is 24.9. The number of hydrogen-bond donors (Lipinski definition) is 0. The zero-order chi connectivity index (χ0) is 25.7. The first-order valence-electron chi connectivity index (χ1n) is 11.5. The molecule has 0 saturated carbocycles. The second kappa shape index (κ2) is 10.6. The number of carbonyl (C=O) groups is 2. The number of ether oxygens (including phenoxy) is 2. The molecule has 0 atom stereocenters. The Bertz CT molecular complexity index is 1540. The highest BCUT2D eigenvalue weighted by atomic mass is 32.2. The van der Waals surface area contributed by atoms with Gasteiger partial charge in [0.2, 0.25) is 0 Å². The number of para-hydroxylation sites is 1. The number of fused-ring (bicyclic) bond motifs is 1. The monoisotopic (exact) mass is 503 g/mol. The summed E-state index contributed by atoms with van der Waals surface area (Å²) in [4.78, 5) is 26.8. The molecule has 0 fully saturated rings. The van der Waals surface area contributed by atoms with Gasteiger partial charge >= 0.3 is 11.9 Å². The van der Waals surface area contributed by atoms with Crippen molar-refractivity contribution in [3.05, 3.63) is 102 Å². The molecular formula is C28H25NO6S. The summed E-state index contributed by atoms with van der Waals surface area (Å²) < 4.78 is 39.6. The zero-order valence-corrected chi connectivity index (χ0v) is 20.7. The van der Waals surface area contributed by atoms with Crippen molar-refractivity contribution in [2.24, 2.45) is 0 Å². The number of carbonyl (C=O) groups excluding carboxylic acids is 2. The molecule has 0 aliphatic rings. The molecule has 0 amide bonds. The highest BCUT2D eigenvalue weighted by Gasteiger charge is 2.33. The van der Waals surface area contributed by atoms with Gasteiger partial charge in [0.15, 0.2) is 0 Å². The van der Waals surface area contributed by atoms with E-state index in [1.807, 2.05) is 0 Å². The molecule has 0 aliphatic heterocycles. The van der Waals surface area contributed by atoms with Gasteiger partial charge in [-0.1, -0.05) is 66.7 Å². The lowest BCUT2D eigenvalue weighted by Crippen LogP contribution is -2.21. The zero-order valence-electron chi connectivity index (χ0n) is 19.9. The lowest BCUT2D eigenvalue weighted by molar-refractivity contribution is -0.138. The van der Waals surface area contributed by atoms with E-state index >= 15 is 0 Å². The fraction of sp³-hybridized carbons (Fsp3) is 0.143. The Morgan fingerprint density at radius 1 is 0.722 bits per heavy atom. The van der Waals surface area contributed by atoms with Crippen LogP contribution in [0.25, 0.3) is 22.0 Å². The van der Waals surface area contributed by atoms with Gasteiger partial charge in [-0.15, -0.1) is 0 Å². The van der Waals surface area contributed by atoms with Crippen molar-refractivity contribution in [1.82, 2.24) is 3.97 Å². The van der Waals surface area contributed by atoms with Crippen LogP contribution in [-0.2, 0) is 29.1 Å². The van der Waals surface area contributed by atoms with Crippen LogP contribution in [0.3, 0.4) is 0 Å². The van der Waals surface area contributed by atoms with Crippen LogP contribution in [0.1, 0.15) is 25.1 Å². The van der Waals surface area contributed by atoms with Gasteiger partial charge in [-0.3, -0.25) is 0 Å². The van der Waals surface area contributed by atoms with E-state index in [1.54, 1.807) is 92.7 Å². The van der Waals surface area contributed by atoms with Gasteiger partial charge in [-0.25, -0.2) is 22.0 Å². The Morgan fingerprint density at radius 2 is 1.25 bits per heavy atom. The molecule has 0 saturated heterocycles. The average Bonchev–Trinajstić information content (AvgIpc) is 3.28. The van der Waals surface area contributed by atoms with Crippen LogP contribution in [0, 0.1) is 0 Å². The number of esters is 2. The molecule has 7 nitrogen and oxygen atoms in total. The lowest BCUT2D eigenvalue weighted by Gasteiger charge is -2.17. The molecule has 4 rings (SSSR count). The highest BCUT2D eigenvalue weighted by Crippen LogP contribution is 2.35. The molecule has 0 unspecified atom stereocenters. The molecule has 184 valence electrons. The van der Waals surface area contributed by atoms with E-state index in [4.69, 9.17) is 9.47 Å². The van der Waals surface area contributed by atoms with Gasteiger partial charge in [-0.05, 0) is 43.7 Å². The van der Waals surface area contributed by atoms with Crippen molar-refractivity contribution in [1.29, 1.82) is 0 Å². The summed E-state index contributed by atoms with van der Waals surface area (Å²) >= 11 is 0. The summed E-state index contributed by atoms with van der Waals surface area (Å²) in [6.45, 7) is 3.38. The third-order valence-corrected chi connectivity index (χ3v) is 7.22. The molecular weight excluding hydrogens is 478 g/mol. The first-order valence-corrected chi connectivity index (χ1v) is 12.9. The van der Waals surface area contributed by atoms with Crippen molar-refractivity contribution in [2.75, 3.05) is 13.2 Å². The highest BCUT2D eigenvalue weighted by molar-refractivity contribution is 7.90. The van der Waals surface area contributed by atoms with Crippen molar-refractivity contribution in [3.63, 3.8) is 0 Å². The van der Waals surface area contributed by atoms with E-state index in [1.165, 1.54) is 12.1 Å². The second-order valence-corrected chi connectivity index (χ2v) is 9.51. The molecule has 0 N–H and O–H groups in total. The Morgan fingerprint density at radius 3 is 1.86 bits per heavy atom. The van der Waals surface area contributed by atoms with Gasteiger partial charge in [0.1, 0.15) is 0 Å². The predicted molar refractivity (Wildman–Crippen MR) is 137 cm³/mol. The molecule has 1 aromatic heterocycles.